The van der Waals surface area contributed by atoms with Crippen LogP contribution >= 0.6 is 23.2 Å². The fraction of sp³-hybridized carbons (Fsp3) is 0.273. The molecule has 0 bridgehead atoms. The second-order valence-corrected chi connectivity index (χ2v) is 7.77. The minimum absolute atomic E-state index is 0.129. The molecule has 1 amide bonds. The van der Waals surface area contributed by atoms with E-state index in [2.05, 4.69) is 12.2 Å². The Morgan fingerprint density at radius 2 is 1.90 bits per heavy atom. The minimum Gasteiger partial charge on any atom is -0.384 e. The predicted octanol–water partition coefficient (Wildman–Crippen LogP) is 5.03. The monoisotopic (exact) mass is 431 g/mol. The average molecular weight is 432 g/mol. The van der Waals surface area contributed by atoms with E-state index in [1.165, 1.54) is 9.69 Å². The van der Waals surface area contributed by atoms with Crippen molar-refractivity contribution >= 4 is 45.6 Å². The zero-order valence-corrected chi connectivity index (χ0v) is 18.1. The van der Waals surface area contributed by atoms with Crippen LogP contribution in [0.4, 0.5) is 5.69 Å². The van der Waals surface area contributed by atoms with Gasteiger partial charge in [-0.15, -0.1) is 0 Å². The number of anilines is 1. The van der Waals surface area contributed by atoms with E-state index in [0.717, 1.165) is 16.6 Å². The number of rotatable bonds is 6. The normalized spacial score (nSPS) is 12.0. The molecule has 2 aromatic carbocycles. The Morgan fingerprint density at radius 1 is 1.14 bits per heavy atom. The molecule has 7 heteroatoms. The molecule has 0 aliphatic heterocycles. The zero-order chi connectivity index (χ0) is 21.1. The fourth-order valence-corrected chi connectivity index (χ4v) is 3.51. The van der Waals surface area contributed by atoms with Gasteiger partial charge in [-0.25, -0.2) is 4.68 Å². The number of fused-ring (bicyclic) bond motifs is 1. The Balaban J connectivity index is 1.87. The number of aromatic nitrogens is 1. The maximum atomic E-state index is 12.9. The van der Waals surface area contributed by atoms with Crippen molar-refractivity contribution in [1.82, 2.24) is 4.68 Å². The van der Waals surface area contributed by atoms with Crippen molar-refractivity contribution in [1.29, 1.82) is 0 Å². The molecule has 1 atom stereocenters. The maximum absolute atomic E-state index is 12.9. The number of nitrogens with zero attached hydrogens (tertiary/aromatic N) is 2. The summed E-state index contributed by atoms with van der Waals surface area (Å²) in [4.78, 5) is 24.8. The minimum atomic E-state index is -0.229. The summed E-state index contributed by atoms with van der Waals surface area (Å²) in [5, 5.41) is 7.20. The molecule has 0 saturated carbocycles. The fourth-order valence-electron chi connectivity index (χ4n) is 3.21. The van der Waals surface area contributed by atoms with Crippen LogP contribution in [0, 0.1) is 0 Å². The van der Waals surface area contributed by atoms with E-state index < -0.39 is 0 Å². The van der Waals surface area contributed by atoms with Crippen LogP contribution in [0.1, 0.15) is 31.7 Å². The number of amides is 1. The number of carbonyl (C=O) groups excluding carboxylic acids is 1. The van der Waals surface area contributed by atoms with Gasteiger partial charge < -0.3 is 5.32 Å². The molecule has 0 fully saturated rings. The van der Waals surface area contributed by atoms with Gasteiger partial charge in [0.15, 0.2) is 0 Å². The molecule has 3 rings (SSSR count). The van der Waals surface area contributed by atoms with Gasteiger partial charge in [0.2, 0.25) is 5.91 Å². The average Bonchev–Trinajstić information content (AvgIpc) is 2.73. The third-order valence-corrected chi connectivity index (χ3v) is 5.76. The largest absolute Gasteiger partial charge is 0.384 e. The molecule has 29 heavy (non-hydrogen) atoms. The van der Waals surface area contributed by atoms with Crippen molar-refractivity contribution in [3.8, 4) is 0 Å². The van der Waals surface area contributed by atoms with Crippen molar-refractivity contribution in [2.45, 2.75) is 26.2 Å². The standard InChI is InChI=1S/C22H23Cl2N3O2/c1-4-21(28)26(3)27-11-10-16-17(22(27)29)6-5-7-20(16)25-13-14(2)15-8-9-18(23)19(24)12-15/h5-12,14,25H,4,13H2,1-3H3. The molecule has 152 valence electrons. The number of pyridine rings is 1. The molecule has 3 aromatic rings. The topological polar surface area (TPSA) is 54.3 Å². The van der Waals surface area contributed by atoms with Crippen molar-refractivity contribution in [2.24, 2.45) is 0 Å². The number of hydrogen-bond donors (Lipinski definition) is 1. The van der Waals surface area contributed by atoms with Crippen LogP contribution in [0.5, 0.6) is 0 Å². The molecule has 1 N–H and O–H groups in total. The smallest absolute Gasteiger partial charge is 0.277 e. The van der Waals surface area contributed by atoms with Crippen molar-refractivity contribution in [3.63, 3.8) is 0 Å². The molecule has 0 aliphatic rings. The summed E-state index contributed by atoms with van der Waals surface area (Å²) in [6.07, 6.45) is 1.96. The van der Waals surface area contributed by atoms with Crippen molar-refractivity contribution < 1.29 is 4.79 Å². The molecule has 1 aromatic heterocycles. The summed E-state index contributed by atoms with van der Waals surface area (Å²) in [5.74, 6) is 0.0601. The third kappa shape index (κ3) is 4.41. The van der Waals surface area contributed by atoms with Gasteiger partial charge in [-0.3, -0.25) is 14.6 Å². The van der Waals surface area contributed by atoms with Crippen LogP contribution in [0.15, 0.2) is 53.5 Å². The molecule has 0 radical (unpaired) electrons. The number of halogens is 2. The summed E-state index contributed by atoms with van der Waals surface area (Å²) < 4.78 is 1.34. The molecule has 0 spiro atoms. The molecule has 5 nitrogen and oxygen atoms in total. The first-order chi connectivity index (χ1) is 13.8. The number of carbonyl (C=O) groups is 1. The van der Waals surface area contributed by atoms with E-state index >= 15 is 0 Å². The first-order valence-corrected chi connectivity index (χ1v) is 10.2. The summed E-state index contributed by atoms with van der Waals surface area (Å²) >= 11 is 12.1. The first-order valence-electron chi connectivity index (χ1n) is 9.43. The number of hydrogen-bond acceptors (Lipinski definition) is 3. The lowest BCUT2D eigenvalue weighted by Gasteiger charge is -2.20. The lowest BCUT2D eigenvalue weighted by Crippen LogP contribution is -2.42. The van der Waals surface area contributed by atoms with Gasteiger partial charge in [-0.1, -0.05) is 49.2 Å². The lowest BCUT2D eigenvalue weighted by atomic mass is 10.0. The van der Waals surface area contributed by atoms with E-state index in [-0.39, 0.29) is 17.4 Å². The molecular weight excluding hydrogens is 409 g/mol. The highest BCUT2D eigenvalue weighted by Gasteiger charge is 2.14. The van der Waals surface area contributed by atoms with Crippen LogP contribution in [-0.4, -0.2) is 24.2 Å². The van der Waals surface area contributed by atoms with Crippen LogP contribution < -0.4 is 15.9 Å². The third-order valence-electron chi connectivity index (χ3n) is 5.03. The first kappa shape index (κ1) is 21.2. The van der Waals surface area contributed by atoms with Gasteiger partial charge in [0, 0.05) is 37.3 Å². The summed E-state index contributed by atoms with van der Waals surface area (Å²) in [5.41, 5.74) is 1.71. The molecule has 1 heterocycles. The second-order valence-electron chi connectivity index (χ2n) is 6.96. The predicted molar refractivity (Wildman–Crippen MR) is 121 cm³/mol. The highest BCUT2D eigenvalue weighted by atomic mass is 35.5. The van der Waals surface area contributed by atoms with E-state index in [1.807, 2.05) is 30.3 Å². The van der Waals surface area contributed by atoms with E-state index in [0.29, 0.717) is 28.4 Å². The summed E-state index contributed by atoms with van der Waals surface area (Å²) in [7, 11) is 1.60. The van der Waals surface area contributed by atoms with Gasteiger partial charge in [0.1, 0.15) is 0 Å². The van der Waals surface area contributed by atoms with E-state index in [4.69, 9.17) is 23.2 Å². The van der Waals surface area contributed by atoms with Crippen LogP contribution in [-0.2, 0) is 4.79 Å². The van der Waals surface area contributed by atoms with Gasteiger partial charge in [0.25, 0.3) is 5.56 Å². The van der Waals surface area contributed by atoms with Gasteiger partial charge in [-0.05, 0) is 41.8 Å². The highest BCUT2D eigenvalue weighted by molar-refractivity contribution is 6.42. The molecular formula is C22H23Cl2N3O2. The summed E-state index contributed by atoms with van der Waals surface area (Å²) in [6, 6.07) is 13.0. The maximum Gasteiger partial charge on any atom is 0.277 e. The number of nitrogens with one attached hydrogen (secondary N) is 1. The second kappa shape index (κ2) is 8.89. The Hall–Kier alpha value is -2.50. The van der Waals surface area contributed by atoms with Gasteiger partial charge in [-0.2, -0.15) is 0 Å². The Labute approximate surface area is 179 Å². The summed E-state index contributed by atoms with van der Waals surface area (Å²) in [6.45, 7) is 4.52. The quantitative estimate of drug-likeness (QED) is 0.595. The molecule has 0 aliphatic carbocycles. The SMILES string of the molecule is CCC(=O)N(C)n1ccc2c(NCC(C)c3ccc(Cl)c(Cl)c3)cccc2c1=O. The zero-order valence-electron chi connectivity index (χ0n) is 16.6. The molecule has 1 unspecified atom stereocenters. The Kier molecular flexibility index (Phi) is 6.50. The Morgan fingerprint density at radius 3 is 2.59 bits per heavy atom. The lowest BCUT2D eigenvalue weighted by molar-refractivity contribution is -0.119. The van der Waals surface area contributed by atoms with Crippen LogP contribution in [0.2, 0.25) is 10.0 Å². The Bertz CT molecular complexity index is 1110. The van der Waals surface area contributed by atoms with Gasteiger partial charge in [0.05, 0.1) is 15.4 Å². The highest BCUT2D eigenvalue weighted by Crippen LogP contribution is 2.27. The van der Waals surface area contributed by atoms with E-state index in [9.17, 15) is 9.59 Å². The van der Waals surface area contributed by atoms with Crippen LogP contribution in [0.25, 0.3) is 10.8 Å². The van der Waals surface area contributed by atoms with E-state index in [1.54, 1.807) is 32.3 Å². The van der Waals surface area contributed by atoms with Crippen LogP contribution in [0.3, 0.4) is 0 Å². The molecule has 0 saturated heterocycles. The number of benzene rings is 2. The van der Waals surface area contributed by atoms with Crippen molar-refractivity contribution in [2.75, 3.05) is 23.9 Å². The van der Waals surface area contributed by atoms with Gasteiger partial charge >= 0.3 is 0 Å². The van der Waals surface area contributed by atoms with Crippen molar-refractivity contribution in [3.05, 3.63) is 74.6 Å².